The van der Waals surface area contributed by atoms with E-state index in [0.29, 0.717) is 17.9 Å². The molecule has 1 heterocycles. The Balaban J connectivity index is 1.98. The Kier molecular flexibility index (Phi) is 6.33. The standard InChI is InChI=1S/C19H24FN3O2/c1-13(2)7-6-10-25-17-9-5-8-15(18(17)20)12-21-19(24)16-11-14(3)22-23(16)4/h5,7-9,11H,6,10,12H2,1-4H3,(H,21,24). The van der Waals surface area contributed by atoms with E-state index in [-0.39, 0.29) is 18.2 Å². The maximum Gasteiger partial charge on any atom is 0.269 e. The van der Waals surface area contributed by atoms with Crippen molar-refractivity contribution in [3.63, 3.8) is 0 Å². The molecule has 1 aromatic heterocycles. The highest BCUT2D eigenvalue weighted by Gasteiger charge is 2.14. The normalized spacial score (nSPS) is 10.4. The predicted molar refractivity (Wildman–Crippen MR) is 95.1 cm³/mol. The first kappa shape index (κ1) is 18.7. The third-order valence-corrected chi connectivity index (χ3v) is 3.65. The lowest BCUT2D eigenvalue weighted by atomic mass is 10.2. The van der Waals surface area contributed by atoms with E-state index in [2.05, 4.69) is 10.4 Å². The SMILES string of the molecule is CC(C)=CCCOc1cccc(CNC(=O)c2cc(C)nn2C)c1F. The summed E-state index contributed by atoms with van der Waals surface area (Å²) < 4.78 is 21.5. The van der Waals surface area contributed by atoms with Crippen molar-refractivity contribution in [2.24, 2.45) is 7.05 Å². The van der Waals surface area contributed by atoms with Crippen molar-refractivity contribution in [1.29, 1.82) is 0 Å². The Labute approximate surface area is 147 Å². The summed E-state index contributed by atoms with van der Waals surface area (Å²) in [5, 5.41) is 6.84. The van der Waals surface area contributed by atoms with Gasteiger partial charge in [-0.05, 0) is 39.3 Å². The number of ether oxygens (including phenoxy) is 1. The molecule has 0 saturated heterocycles. The molecule has 1 aromatic carbocycles. The smallest absolute Gasteiger partial charge is 0.269 e. The van der Waals surface area contributed by atoms with Crippen molar-refractivity contribution in [2.75, 3.05) is 6.61 Å². The van der Waals surface area contributed by atoms with E-state index >= 15 is 0 Å². The van der Waals surface area contributed by atoms with Gasteiger partial charge in [0.25, 0.3) is 5.91 Å². The van der Waals surface area contributed by atoms with E-state index in [0.717, 1.165) is 12.1 Å². The molecule has 0 atom stereocenters. The van der Waals surface area contributed by atoms with Gasteiger partial charge >= 0.3 is 0 Å². The number of halogens is 1. The molecule has 6 heteroatoms. The quantitative estimate of drug-likeness (QED) is 0.617. The van der Waals surface area contributed by atoms with Crippen molar-refractivity contribution in [2.45, 2.75) is 33.7 Å². The van der Waals surface area contributed by atoms with Gasteiger partial charge in [0.15, 0.2) is 11.6 Å². The fourth-order valence-corrected chi connectivity index (χ4v) is 2.41. The van der Waals surface area contributed by atoms with Crippen LogP contribution in [-0.2, 0) is 13.6 Å². The first-order valence-corrected chi connectivity index (χ1v) is 8.21. The Hall–Kier alpha value is -2.63. The Morgan fingerprint density at radius 2 is 2.16 bits per heavy atom. The molecule has 0 aliphatic heterocycles. The lowest BCUT2D eigenvalue weighted by molar-refractivity contribution is 0.0941. The van der Waals surface area contributed by atoms with Gasteiger partial charge in [-0.3, -0.25) is 9.48 Å². The van der Waals surface area contributed by atoms with Crippen LogP contribution < -0.4 is 10.1 Å². The zero-order valence-electron chi connectivity index (χ0n) is 15.1. The minimum Gasteiger partial charge on any atom is -0.490 e. The van der Waals surface area contributed by atoms with Crippen LogP contribution in [0.25, 0.3) is 0 Å². The first-order valence-electron chi connectivity index (χ1n) is 8.21. The highest BCUT2D eigenvalue weighted by atomic mass is 19.1. The van der Waals surface area contributed by atoms with Gasteiger partial charge in [-0.25, -0.2) is 4.39 Å². The van der Waals surface area contributed by atoms with Crippen LogP contribution in [-0.4, -0.2) is 22.3 Å². The van der Waals surface area contributed by atoms with Gasteiger partial charge < -0.3 is 10.1 Å². The molecular weight excluding hydrogens is 321 g/mol. The van der Waals surface area contributed by atoms with E-state index in [1.165, 1.54) is 10.3 Å². The molecule has 0 fully saturated rings. The molecule has 0 bridgehead atoms. The summed E-state index contributed by atoms with van der Waals surface area (Å²) in [5.41, 5.74) is 2.77. The molecule has 0 aliphatic rings. The number of rotatable bonds is 7. The van der Waals surface area contributed by atoms with Gasteiger partial charge in [-0.15, -0.1) is 0 Å². The summed E-state index contributed by atoms with van der Waals surface area (Å²) in [6.45, 7) is 6.32. The van der Waals surface area contributed by atoms with E-state index in [1.54, 1.807) is 31.3 Å². The molecule has 1 amide bonds. The molecule has 134 valence electrons. The number of allylic oxidation sites excluding steroid dienone is 1. The van der Waals surface area contributed by atoms with Crippen LogP contribution in [0.15, 0.2) is 35.9 Å². The van der Waals surface area contributed by atoms with Crippen molar-refractivity contribution in [1.82, 2.24) is 15.1 Å². The molecule has 1 N–H and O–H groups in total. The minimum absolute atomic E-state index is 0.0834. The third-order valence-electron chi connectivity index (χ3n) is 3.65. The number of carbonyl (C=O) groups is 1. The lowest BCUT2D eigenvalue weighted by Crippen LogP contribution is -2.25. The molecule has 5 nitrogen and oxygen atoms in total. The molecule has 0 saturated carbocycles. The number of hydrogen-bond donors (Lipinski definition) is 1. The highest BCUT2D eigenvalue weighted by Crippen LogP contribution is 2.21. The van der Waals surface area contributed by atoms with Crippen LogP contribution in [0.2, 0.25) is 0 Å². The average Bonchev–Trinajstić information content (AvgIpc) is 2.89. The molecule has 2 rings (SSSR count). The maximum absolute atomic E-state index is 14.5. The number of nitrogens with one attached hydrogen (secondary N) is 1. The molecule has 0 spiro atoms. The number of aryl methyl sites for hydroxylation is 2. The van der Waals surface area contributed by atoms with Gasteiger partial charge in [0, 0.05) is 19.2 Å². The first-order chi connectivity index (χ1) is 11.9. The number of amides is 1. The van der Waals surface area contributed by atoms with Gasteiger partial charge in [0.05, 0.1) is 12.3 Å². The number of aromatic nitrogens is 2. The Morgan fingerprint density at radius 3 is 2.80 bits per heavy atom. The summed E-state index contributed by atoms with van der Waals surface area (Å²) in [7, 11) is 1.70. The zero-order chi connectivity index (χ0) is 18.4. The van der Waals surface area contributed by atoms with Crippen LogP contribution in [0.5, 0.6) is 5.75 Å². The van der Waals surface area contributed by atoms with Crippen LogP contribution >= 0.6 is 0 Å². The molecule has 0 radical (unpaired) electrons. The van der Waals surface area contributed by atoms with Gasteiger partial charge in [-0.2, -0.15) is 5.10 Å². The second-order valence-electron chi connectivity index (χ2n) is 6.13. The second kappa shape index (κ2) is 8.46. The van der Waals surface area contributed by atoms with Crippen LogP contribution in [0, 0.1) is 12.7 Å². The Bertz CT molecular complexity index is 777. The van der Waals surface area contributed by atoms with Gasteiger partial charge in [0.1, 0.15) is 5.69 Å². The largest absolute Gasteiger partial charge is 0.490 e. The highest BCUT2D eigenvalue weighted by molar-refractivity contribution is 5.92. The van der Waals surface area contributed by atoms with Gasteiger partial charge in [-0.1, -0.05) is 23.8 Å². The summed E-state index contributed by atoms with van der Waals surface area (Å²) in [6.07, 6.45) is 2.76. The molecular formula is C19H24FN3O2. The lowest BCUT2D eigenvalue weighted by Gasteiger charge is -2.11. The summed E-state index contributed by atoms with van der Waals surface area (Å²) in [4.78, 5) is 12.2. The average molecular weight is 345 g/mol. The number of benzene rings is 1. The van der Waals surface area contributed by atoms with E-state index < -0.39 is 5.82 Å². The topological polar surface area (TPSA) is 56.1 Å². The number of nitrogens with zero attached hydrogens (tertiary/aromatic N) is 2. The van der Waals surface area contributed by atoms with Crippen molar-refractivity contribution < 1.29 is 13.9 Å². The zero-order valence-corrected chi connectivity index (χ0v) is 15.1. The van der Waals surface area contributed by atoms with E-state index in [9.17, 15) is 9.18 Å². The predicted octanol–water partition coefficient (Wildman–Crippen LogP) is 3.53. The fourth-order valence-electron chi connectivity index (χ4n) is 2.41. The van der Waals surface area contributed by atoms with Crippen molar-refractivity contribution in [3.8, 4) is 5.75 Å². The number of carbonyl (C=O) groups excluding carboxylic acids is 1. The molecule has 2 aromatic rings. The minimum atomic E-state index is -0.443. The van der Waals surface area contributed by atoms with Crippen LogP contribution in [0.4, 0.5) is 4.39 Å². The van der Waals surface area contributed by atoms with Crippen LogP contribution in [0.3, 0.4) is 0 Å². The summed E-state index contributed by atoms with van der Waals surface area (Å²) in [6, 6.07) is 6.63. The maximum atomic E-state index is 14.5. The second-order valence-corrected chi connectivity index (χ2v) is 6.13. The van der Waals surface area contributed by atoms with Gasteiger partial charge in [0.2, 0.25) is 0 Å². The molecule has 0 unspecified atom stereocenters. The fraction of sp³-hybridized carbons (Fsp3) is 0.368. The monoisotopic (exact) mass is 345 g/mol. The van der Waals surface area contributed by atoms with E-state index in [1.807, 2.05) is 26.8 Å². The third kappa shape index (κ3) is 5.17. The van der Waals surface area contributed by atoms with Crippen LogP contribution in [0.1, 0.15) is 42.0 Å². The summed E-state index contributed by atoms with van der Waals surface area (Å²) >= 11 is 0. The molecule has 0 aliphatic carbocycles. The molecule has 25 heavy (non-hydrogen) atoms. The Morgan fingerprint density at radius 1 is 1.40 bits per heavy atom. The van der Waals surface area contributed by atoms with Crippen molar-refractivity contribution >= 4 is 5.91 Å². The van der Waals surface area contributed by atoms with Crippen molar-refractivity contribution in [3.05, 3.63) is 58.7 Å². The summed E-state index contributed by atoms with van der Waals surface area (Å²) in [5.74, 6) is -0.538. The number of hydrogen-bond acceptors (Lipinski definition) is 3. The van der Waals surface area contributed by atoms with E-state index in [4.69, 9.17) is 4.74 Å².